The molecule has 10 aromatic rings. The van der Waals surface area contributed by atoms with Gasteiger partial charge in [0.25, 0.3) is 0 Å². The van der Waals surface area contributed by atoms with Crippen LogP contribution in [0.15, 0.2) is 200 Å². The van der Waals surface area contributed by atoms with Gasteiger partial charge in [-0.25, -0.2) is 0 Å². The Labute approximate surface area is 307 Å². The summed E-state index contributed by atoms with van der Waals surface area (Å²) in [6.07, 6.45) is 0. The Balaban J connectivity index is 1.24. The van der Waals surface area contributed by atoms with Crippen molar-refractivity contribution < 1.29 is 0 Å². The van der Waals surface area contributed by atoms with Crippen LogP contribution in [0.1, 0.15) is 0 Å². The molecule has 0 saturated heterocycles. The standard InChI is InChI=1S/C50H33NS/c1-4-14-34(15-5-1)36-24-28-39(29-25-36)51(40-30-26-37(27-31-40)35-16-6-2-7-17-35)41-32-46(38-18-8-3-9-19-38)48-47(33-41)52-50-45-23-13-11-21-43(45)42-20-10-12-22-44(42)49(48)50/h1-33H. The Morgan fingerprint density at radius 2 is 0.731 bits per heavy atom. The van der Waals surface area contributed by atoms with Crippen LogP contribution in [-0.4, -0.2) is 0 Å². The van der Waals surface area contributed by atoms with E-state index in [0.717, 1.165) is 17.1 Å². The van der Waals surface area contributed by atoms with Crippen molar-refractivity contribution in [3.63, 3.8) is 0 Å². The topological polar surface area (TPSA) is 3.24 Å². The van der Waals surface area contributed by atoms with Crippen LogP contribution in [0, 0.1) is 0 Å². The maximum atomic E-state index is 2.41. The molecule has 0 radical (unpaired) electrons. The van der Waals surface area contributed by atoms with E-state index in [0.29, 0.717) is 0 Å². The molecule has 0 aliphatic heterocycles. The van der Waals surface area contributed by atoms with Gasteiger partial charge in [-0.05, 0) is 85.9 Å². The largest absolute Gasteiger partial charge is 0.310 e. The van der Waals surface area contributed by atoms with Gasteiger partial charge in [0.05, 0.1) is 0 Å². The maximum Gasteiger partial charge on any atom is 0.0482 e. The van der Waals surface area contributed by atoms with E-state index in [1.54, 1.807) is 0 Å². The predicted octanol–water partition coefficient (Wildman–Crippen LogP) is 14.8. The normalized spacial score (nSPS) is 11.5. The van der Waals surface area contributed by atoms with E-state index in [1.165, 1.54) is 75.1 Å². The zero-order valence-electron chi connectivity index (χ0n) is 28.4. The summed E-state index contributed by atoms with van der Waals surface area (Å²) in [5.41, 5.74) is 10.6. The predicted molar refractivity (Wildman–Crippen MR) is 225 cm³/mol. The molecule has 0 atom stereocenters. The Hall–Kier alpha value is -6.48. The van der Waals surface area contributed by atoms with Gasteiger partial charge in [-0.3, -0.25) is 0 Å². The molecule has 1 heterocycles. The third-order valence-corrected chi connectivity index (χ3v) is 11.4. The number of nitrogens with zero attached hydrogens (tertiary/aromatic N) is 1. The second kappa shape index (κ2) is 12.7. The minimum Gasteiger partial charge on any atom is -0.310 e. The third kappa shape index (κ3) is 5.16. The van der Waals surface area contributed by atoms with Crippen LogP contribution in [0.2, 0.25) is 0 Å². The number of hydrogen-bond acceptors (Lipinski definition) is 2. The van der Waals surface area contributed by atoms with Gasteiger partial charge in [-0.15, -0.1) is 11.3 Å². The summed E-state index contributed by atoms with van der Waals surface area (Å²) >= 11 is 1.91. The highest BCUT2D eigenvalue weighted by molar-refractivity contribution is 7.27. The first-order valence-electron chi connectivity index (χ1n) is 17.8. The Bertz CT molecular complexity index is 2770. The minimum atomic E-state index is 1.11. The smallest absolute Gasteiger partial charge is 0.0482 e. The van der Waals surface area contributed by atoms with Crippen LogP contribution in [0.25, 0.3) is 75.1 Å². The summed E-state index contributed by atoms with van der Waals surface area (Å²) in [5.74, 6) is 0. The van der Waals surface area contributed by atoms with E-state index in [2.05, 4.69) is 205 Å². The molecule has 0 N–H and O–H groups in total. The lowest BCUT2D eigenvalue weighted by atomic mass is 9.93. The van der Waals surface area contributed by atoms with Crippen LogP contribution in [0.5, 0.6) is 0 Å². The number of thiophene rings is 1. The van der Waals surface area contributed by atoms with Crippen molar-refractivity contribution >= 4 is 70.1 Å². The number of anilines is 3. The first kappa shape index (κ1) is 30.4. The first-order valence-corrected chi connectivity index (χ1v) is 18.6. The fraction of sp³-hybridized carbons (Fsp3) is 0. The van der Waals surface area contributed by atoms with Gasteiger partial charge in [-0.1, -0.05) is 164 Å². The Morgan fingerprint density at radius 1 is 0.308 bits per heavy atom. The highest BCUT2D eigenvalue weighted by atomic mass is 32.1. The number of rotatable bonds is 6. The van der Waals surface area contributed by atoms with Gasteiger partial charge in [0, 0.05) is 42.6 Å². The van der Waals surface area contributed by atoms with Crippen molar-refractivity contribution in [3.8, 4) is 33.4 Å². The third-order valence-electron chi connectivity index (χ3n) is 10.2. The molecule has 9 aromatic carbocycles. The molecular formula is C50H33NS. The number of fused-ring (bicyclic) bond motifs is 8. The first-order chi connectivity index (χ1) is 25.8. The number of benzene rings is 9. The average Bonchev–Trinajstić information content (AvgIpc) is 3.62. The van der Waals surface area contributed by atoms with Gasteiger partial charge in [0.1, 0.15) is 0 Å². The SMILES string of the molecule is c1ccc(-c2ccc(N(c3ccc(-c4ccccc4)cc3)c3cc(-c4ccccc4)c4c(c3)sc3c5ccccc5c5ccccc5c34)cc2)cc1. The summed E-state index contributed by atoms with van der Waals surface area (Å²) in [4.78, 5) is 2.41. The van der Waals surface area contributed by atoms with Crippen LogP contribution in [0.3, 0.4) is 0 Å². The summed E-state index contributed by atoms with van der Waals surface area (Å²) in [7, 11) is 0. The van der Waals surface area contributed by atoms with Crippen LogP contribution in [0.4, 0.5) is 17.1 Å². The van der Waals surface area contributed by atoms with E-state index in [4.69, 9.17) is 0 Å². The fourth-order valence-electron chi connectivity index (χ4n) is 7.80. The molecule has 0 bridgehead atoms. The zero-order chi connectivity index (χ0) is 34.4. The van der Waals surface area contributed by atoms with Crippen molar-refractivity contribution in [1.29, 1.82) is 0 Å². The summed E-state index contributed by atoms with van der Waals surface area (Å²) in [6.45, 7) is 0. The van der Waals surface area contributed by atoms with Gasteiger partial charge < -0.3 is 4.90 Å². The molecule has 0 fully saturated rings. The molecule has 1 nitrogen and oxygen atoms in total. The minimum absolute atomic E-state index is 1.11. The highest BCUT2D eigenvalue weighted by Crippen LogP contribution is 2.50. The second-order valence-corrected chi connectivity index (χ2v) is 14.3. The molecule has 244 valence electrons. The fourth-order valence-corrected chi connectivity index (χ4v) is 9.12. The molecule has 0 saturated carbocycles. The number of hydrogen-bond donors (Lipinski definition) is 0. The van der Waals surface area contributed by atoms with Gasteiger partial charge in [0.15, 0.2) is 0 Å². The lowest BCUT2D eigenvalue weighted by molar-refractivity contribution is 1.29. The van der Waals surface area contributed by atoms with Crippen molar-refractivity contribution in [2.24, 2.45) is 0 Å². The summed E-state index contributed by atoms with van der Waals surface area (Å²) in [5, 5.41) is 7.87. The van der Waals surface area contributed by atoms with E-state index in [9.17, 15) is 0 Å². The van der Waals surface area contributed by atoms with Crippen LogP contribution in [-0.2, 0) is 0 Å². The Morgan fingerprint density at radius 3 is 1.27 bits per heavy atom. The van der Waals surface area contributed by atoms with E-state index < -0.39 is 0 Å². The van der Waals surface area contributed by atoms with Gasteiger partial charge in [-0.2, -0.15) is 0 Å². The molecular weight excluding hydrogens is 647 g/mol. The van der Waals surface area contributed by atoms with Gasteiger partial charge >= 0.3 is 0 Å². The van der Waals surface area contributed by atoms with E-state index >= 15 is 0 Å². The van der Waals surface area contributed by atoms with Crippen molar-refractivity contribution in [2.45, 2.75) is 0 Å². The molecule has 10 rings (SSSR count). The molecule has 0 spiro atoms. The molecule has 0 unspecified atom stereocenters. The van der Waals surface area contributed by atoms with Crippen molar-refractivity contribution in [1.82, 2.24) is 0 Å². The Kier molecular flexibility index (Phi) is 7.41. The maximum absolute atomic E-state index is 2.41. The zero-order valence-corrected chi connectivity index (χ0v) is 29.2. The lowest BCUT2D eigenvalue weighted by Crippen LogP contribution is -2.10. The quantitative estimate of drug-likeness (QED) is 0.158. The van der Waals surface area contributed by atoms with Gasteiger partial charge in [0.2, 0.25) is 0 Å². The molecule has 1 aromatic heterocycles. The van der Waals surface area contributed by atoms with E-state index in [1.807, 2.05) is 11.3 Å². The van der Waals surface area contributed by atoms with Crippen molar-refractivity contribution in [3.05, 3.63) is 200 Å². The second-order valence-electron chi connectivity index (χ2n) is 13.3. The summed E-state index contributed by atoms with van der Waals surface area (Å²) < 4.78 is 2.62. The monoisotopic (exact) mass is 679 g/mol. The molecule has 0 amide bonds. The molecule has 0 aliphatic rings. The van der Waals surface area contributed by atoms with E-state index in [-0.39, 0.29) is 0 Å². The lowest BCUT2D eigenvalue weighted by Gasteiger charge is -2.27. The summed E-state index contributed by atoms with van der Waals surface area (Å²) in [6, 6.07) is 72.7. The van der Waals surface area contributed by atoms with Crippen LogP contribution < -0.4 is 4.90 Å². The highest BCUT2D eigenvalue weighted by Gasteiger charge is 2.21. The molecule has 0 aliphatic carbocycles. The van der Waals surface area contributed by atoms with Crippen LogP contribution >= 0.6 is 11.3 Å². The molecule has 52 heavy (non-hydrogen) atoms. The average molecular weight is 680 g/mol. The molecule has 2 heteroatoms. The van der Waals surface area contributed by atoms with Crippen molar-refractivity contribution in [2.75, 3.05) is 4.90 Å².